The zero-order chi connectivity index (χ0) is 20.4. The molecule has 0 heterocycles. The van der Waals surface area contributed by atoms with Crippen molar-refractivity contribution in [1.29, 1.82) is 0 Å². The first-order valence-corrected chi connectivity index (χ1v) is 9.42. The molecule has 0 fully saturated rings. The molecule has 2 N–H and O–H groups in total. The van der Waals surface area contributed by atoms with E-state index in [9.17, 15) is 9.59 Å². The molecular weight excluding hydrogens is 354 g/mol. The quantitative estimate of drug-likeness (QED) is 0.619. The van der Waals surface area contributed by atoms with Crippen molar-refractivity contribution < 1.29 is 14.3 Å². The van der Waals surface area contributed by atoms with Gasteiger partial charge in [0.1, 0.15) is 5.75 Å². The smallest absolute Gasteiger partial charge is 0.251 e. The standard InChI is InChI=1S/C22H29N3O3/c1-25(2)19(18-12-7-8-13-20(18)28-3)16-24-21(26)14-9-15-23-22(27)17-10-5-4-6-11-17/h4-8,10-13,19H,9,14-16H2,1-3H3,(H,23,27)(H,24,26). The molecule has 2 rings (SSSR count). The molecule has 2 aromatic rings. The lowest BCUT2D eigenvalue weighted by atomic mass is 10.0. The van der Waals surface area contributed by atoms with Gasteiger partial charge in [-0.25, -0.2) is 0 Å². The number of ether oxygens (including phenoxy) is 1. The number of nitrogens with zero attached hydrogens (tertiary/aromatic N) is 1. The number of carbonyl (C=O) groups is 2. The van der Waals surface area contributed by atoms with Crippen molar-refractivity contribution in [3.05, 3.63) is 65.7 Å². The van der Waals surface area contributed by atoms with Gasteiger partial charge in [0, 0.05) is 30.6 Å². The van der Waals surface area contributed by atoms with Crippen LogP contribution in [0.25, 0.3) is 0 Å². The summed E-state index contributed by atoms with van der Waals surface area (Å²) in [5.74, 6) is 0.652. The van der Waals surface area contributed by atoms with E-state index < -0.39 is 0 Å². The minimum Gasteiger partial charge on any atom is -0.496 e. The van der Waals surface area contributed by atoms with Gasteiger partial charge in [0.25, 0.3) is 5.91 Å². The average molecular weight is 383 g/mol. The van der Waals surface area contributed by atoms with Crippen LogP contribution in [0.3, 0.4) is 0 Å². The van der Waals surface area contributed by atoms with Crippen LogP contribution in [-0.2, 0) is 4.79 Å². The number of methoxy groups -OCH3 is 1. The number of benzene rings is 2. The third-order valence-corrected chi connectivity index (χ3v) is 4.52. The predicted octanol–water partition coefficient (Wildman–Crippen LogP) is 2.62. The number of rotatable bonds is 10. The Hall–Kier alpha value is -2.86. The van der Waals surface area contributed by atoms with E-state index in [0.717, 1.165) is 11.3 Å². The summed E-state index contributed by atoms with van der Waals surface area (Å²) in [6.07, 6.45) is 0.951. The van der Waals surface area contributed by atoms with E-state index in [2.05, 4.69) is 15.5 Å². The predicted molar refractivity (Wildman–Crippen MR) is 110 cm³/mol. The lowest BCUT2D eigenvalue weighted by molar-refractivity contribution is -0.121. The summed E-state index contributed by atoms with van der Waals surface area (Å²) in [5.41, 5.74) is 1.66. The van der Waals surface area contributed by atoms with Crippen molar-refractivity contribution in [2.24, 2.45) is 0 Å². The second-order valence-electron chi connectivity index (χ2n) is 6.75. The summed E-state index contributed by atoms with van der Waals surface area (Å²) in [4.78, 5) is 26.2. The second-order valence-corrected chi connectivity index (χ2v) is 6.75. The maximum atomic E-state index is 12.2. The van der Waals surface area contributed by atoms with Crippen LogP contribution < -0.4 is 15.4 Å². The van der Waals surface area contributed by atoms with Crippen LogP contribution in [0.5, 0.6) is 5.75 Å². The summed E-state index contributed by atoms with van der Waals surface area (Å²) >= 11 is 0. The van der Waals surface area contributed by atoms with Crippen LogP contribution in [0.1, 0.15) is 34.8 Å². The summed E-state index contributed by atoms with van der Waals surface area (Å²) in [5, 5.41) is 5.82. The molecule has 0 aromatic heterocycles. The molecule has 6 nitrogen and oxygen atoms in total. The summed E-state index contributed by atoms with van der Waals surface area (Å²) in [6.45, 7) is 0.952. The highest BCUT2D eigenvalue weighted by atomic mass is 16.5. The molecule has 150 valence electrons. The fourth-order valence-electron chi connectivity index (χ4n) is 2.95. The third kappa shape index (κ3) is 6.39. The molecule has 2 aromatic carbocycles. The molecule has 28 heavy (non-hydrogen) atoms. The van der Waals surface area contributed by atoms with Gasteiger partial charge < -0.3 is 20.3 Å². The van der Waals surface area contributed by atoms with Crippen molar-refractivity contribution in [2.75, 3.05) is 34.3 Å². The van der Waals surface area contributed by atoms with Gasteiger partial charge in [-0.2, -0.15) is 0 Å². The molecule has 0 radical (unpaired) electrons. The first-order valence-electron chi connectivity index (χ1n) is 9.42. The van der Waals surface area contributed by atoms with Gasteiger partial charge in [0.15, 0.2) is 0 Å². The van der Waals surface area contributed by atoms with Crippen molar-refractivity contribution >= 4 is 11.8 Å². The van der Waals surface area contributed by atoms with E-state index in [4.69, 9.17) is 4.74 Å². The Morgan fingerprint density at radius 1 is 1.00 bits per heavy atom. The van der Waals surface area contributed by atoms with Gasteiger partial charge in [0.05, 0.1) is 13.2 Å². The van der Waals surface area contributed by atoms with E-state index in [1.807, 2.05) is 56.6 Å². The maximum Gasteiger partial charge on any atom is 0.251 e. The maximum absolute atomic E-state index is 12.2. The molecular formula is C22H29N3O3. The van der Waals surface area contributed by atoms with Crippen LogP contribution in [0.4, 0.5) is 0 Å². The van der Waals surface area contributed by atoms with E-state index in [1.54, 1.807) is 19.2 Å². The van der Waals surface area contributed by atoms with Gasteiger partial charge in [-0.15, -0.1) is 0 Å². The number of likely N-dealkylation sites (N-methyl/N-ethyl adjacent to an activating group) is 1. The molecule has 0 saturated heterocycles. The monoisotopic (exact) mass is 383 g/mol. The molecule has 2 amide bonds. The van der Waals surface area contributed by atoms with Crippen LogP contribution in [0.2, 0.25) is 0 Å². The Morgan fingerprint density at radius 3 is 2.36 bits per heavy atom. The normalized spacial score (nSPS) is 11.7. The number of hydrogen-bond donors (Lipinski definition) is 2. The molecule has 0 aliphatic carbocycles. The minimum atomic E-state index is -0.121. The van der Waals surface area contributed by atoms with Crippen molar-refractivity contribution in [3.63, 3.8) is 0 Å². The zero-order valence-electron chi connectivity index (χ0n) is 16.8. The highest BCUT2D eigenvalue weighted by Gasteiger charge is 2.18. The topological polar surface area (TPSA) is 70.7 Å². The van der Waals surface area contributed by atoms with Gasteiger partial charge in [-0.1, -0.05) is 36.4 Å². The largest absolute Gasteiger partial charge is 0.496 e. The first-order chi connectivity index (χ1) is 13.5. The minimum absolute atomic E-state index is 0.0119. The van der Waals surface area contributed by atoms with Gasteiger partial charge in [0.2, 0.25) is 5.91 Å². The molecule has 0 spiro atoms. The second kappa shape index (κ2) is 11.1. The van der Waals surface area contributed by atoms with E-state index in [-0.39, 0.29) is 17.9 Å². The SMILES string of the molecule is COc1ccccc1C(CNC(=O)CCCNC(=O)c1ccccc1)N(C)C. The van der Waals surface area contributed by atoms with E-state index >= 15 is 0 Å². The molecule has 0 bridgehead atoms. The molecule has 0 saturated carbocycles. The molecule has 6 heteroatoms. The lowest BCUT2D eigenvalue weighted by Gasteiger charge is -2.26. The number of para-hydroxylation sites is 1. The number of hydrogen-bond acceptors (Lipinski definition) is 4. The van der Waals surface area contributed by atoms with Crippen LogP contribution in [0.15, 0.2) is 54.6 Å². The first kappa shape index (κ1) is 21.4. The fraction of sp³-hybridized carbons (Fsp3) is 0.364. The van der Waals surface area contributed by atoms with E-state index in [1.165, 1.54) is 0 Å². The summed E-state index contributed by atoms with van der Waals surface area (Å²) in [7, 11) is 5.60. The van der Waals surface area contributed by atoms with E-state index in [0.29, 0.717) is 31.5 Å². The lowest BCUT2D eigenvalue weighted by Crippen LogP contribution is -2.35. The average Bonchev–Trinajstić information content (AvgIpc) is 2.72. The Labute approximate surface area is 166 Å². The zero-order valence-corrected chi connectivity index (χ0v) is 16.8. The van der Waals surface area contributed by atoms with Crippen molar-refractivity contribution in [1.82, 2.24) is 15.5 Å². The van der Waals surface area contributed by atoms with Crippen molar-refractivity contribution in [2.45, 2.75) is 18.9 Å². The highest BCUT2D eigenvalue weighted by Crippen LogP contribution is 2.27. The molecule has 1 atom stereocenters. The molecule has 0 aliphatic rings. The Morgan fingerprint density at radius 2 is 1.68 bits per heavy atom. The third-order valence-electron chi connectivity index (χ3n) is 4.52. The highest BCUT2D eigenvalue weighted by molar-refractivity contribution is 5.94. The Kier molecular flexibility index (Phi) is 8.49. The van der Waals surface area contributed by atoms with Crippen LogP contribution in [-0.4, -0.2) is 51.0 Å². The Bertz CT molecular complexity index is 763. The van der Waals surface area contributed by atoms with Crippen molar-refractivity contribution in [3.8, 4) is 5.75 Å². The number of amides is 2. The Balaban J connectivity index is 1.76. The van der Waals surface area contributed by atoms with Gasteiger partial charge in [-0.3, -0.25) is 9.59 Å². The summed E-state index contributed by atoms with van der Waals surface area (Å²) < 4.78 is 5.44. The van der Waals surface area contributed by atoms with Gasteiger partial charge >= 0.3 is 0 Å². The molecule has 0 aliphatic heterocycles. The van der Waals surface area contributed by atoms with Crippen LogP contribution in [0, 0.1) is 0 Å². The number of nitrogens with one attached hydrogen (secondary N) is 2. The molecule has 1 unspecified atom stereocenters. The van der Waals surface area contributed by atoms with Crippen LogP contribution >= 0.6 is 0 Å². The fourth-order valence-corrected chi connectivity index (χ4v) is 2.95. The summed E-state index contributed by atoms with van der Waals surface area (Å²) in [6, 6.07) is 16.9. The number of carbonyl (C=O) groups excluding carboxylic acids is 2. The van der Waals surface area contributed by atoms with Gasteiger partial charge in [-0.05, 0) is 38.7 Å².